The number of fused-ring (bicyclic) bond motifs is 1. The number of nitrogens with zero attached hydrogens (tertiary/aromatic N) is 3. The van der Waals surface area contributed by atoms with Crippen LogP contribution in [0.2, 0.25) is 0 Å². The van der Waals surface area contributed by atoms with Crippen molar-refractivity contribution in [2.45, 2.75) is 33.1 Å². The molecule has 3 aromatic rings. The van der Waals surface area contributed by atoms with E-state index in [0.29, 0.717) is 24.1 Å². The van der Waals surface area contributed by atoms with Gasteiger partial charge in [-0.05, 0) is 42.7 Å². The molecular formula is C23H25N3O2S. The molecule has 2 heterocycles. The molecule has 6 heteroatoms. The second-order valence-corrected chi connectivity index (χ2v) is 8.73. The lowest BCUT2D eigenvalue weighted by molar-refractivity contribution is -0.128. The van der Waals surface area contributed by atoms with Crippen molar-refractivity contribution in [1.82, 2.24) is 9.88 Å². The molecule has 5 nitrogen and oxygen atoms in total. The van der Waals surface area contributed by atoms with Gasteiger partial charge >= 0.3 is 0 Å². The fraction of sp³-hybridized carbons (Fsp3) is 0.348. The maximum atomic E-state index is 13.6. The summed E-state index contributed by atoms with van der Waals surface area (Å²) in [5.74, 6) is 0.0522. The number of hydrogen-bond acceptors (Lipinski definition) is 4. The maximum absolute atomic E-state index is 13.6. The number of rotatable bonds is 5. The van der Waals surface area contributed by atoms with E-state index in [-0.39, 0.29) is 24.2 Å². The Morgan fingerprint density at radius 2 is 1.93 bits per heavy atom. The Hall–Kier alpha value is -2.73. The summed E-state index contributed by atoms with van der Waals surface area (Å²) < 4.78 is 1.04. The summed E-state index contributed by atoms with van der Waals surface area (Å²) in [5.41, 5.74) is 2.89. The first-order valence-corrected chi connectivity index (χ1v) is 10.9. The van der Waals surface area contributed by atoms with Crippen LogP contribution in [0.3, 0.4) is 0 Å². The number of hydrogen-bond donors (Lipinski definition) is 0. The quantitative estimate of drug-likeness (QED) is 0.601. The van der Waals surface area contributed by atoms with E-state index in [4.69, 9.17) is 4.98 Å². The molecule has 0 saturated carbocycles. The molecule has 1 saturated heterocycles. The van der Waals surface area contributed by atoms with Crippen molar-refractivity contribution in [3.8, 4) is 0 Å². The predicted octanol–water partition coefficient (Wildman–Crippen LogP) is 4.95. The second-order valence-electron chi connectivity index (χ2n) is 7.72. The molecule has 1 aliphatic rings. The Bertz CT molecular complexity index is 1010. The number of aromatic nitrogens is 1. The van der Waals surface area contributed by atoms with Crippen LogP contribution in [0.15, 0.2) is 48.5 Å². The van der Waals surface area contributed by atoms with Crippen LogP contribution in [0.5, 0.6) is 0 Å². The van der Waals surface area contributed by atoms with Crippen LogP contribution in [0.4, 0.5) is 10.8 Å². The summed E-state index contributed by atoms with van der Waals surface area (Å²) in [4.78, 5) is 34.0. The highest BCUT2D eigenvalue weighted by atomic mass is 32.1. The van der Waals surface area contributed by atoms with Gasteiger partial charge in [0.25, 0.3) is 0 Å². The van der Waals surface area contributed by atoms with E-state index in [0.717, 1.165) is 15.9 Å². The van der Waals surface area contributed by atoms with Crippen molar-refractivity contribution < 1.29 is 9.59 Å². The van der Waals surface area contributed by atoms with Crippen molar-refractivity contribution in [2.24, 2.45) is 5.92 Å². The third kappa shape index (κ3) is 3.77. The van der Waals surface area contributed by atoms with E-state index < -0.39 is 0 Å². The molecule has 150 valence electrons. The van der Waals surface area contributed by atoms with Gasteiger partial charge in [-0.3, -0.25) is 14.5 Å². The molecule has 0 radical (unpaired) electrons. The van der Waals surface area contributed by atoms with Crippen LogP contribution in [0.25, 0.3) is 10.2 Å². The Labute approximate surface area is 175 Å². The van der Waals surface area contributed by atoms with E-state index in [1.165, 1.54) is 16.9 Å². The van der Waals surface area contributed by atoms with Gasteiger partial charge in [0.15, 0.2) is 5.13 Å². The summed E-state index contributed by atoms with van der Waals surface area (Å²) in [7, 11) is 0. The van der Waals surface area contributed by atoms with Crippen LogP contribution in [-0.2, 0) is 9.59 Å². The number of anilines is 2. The lowest BCUT2D eigenvalue weighted by atomic mass is 10.0. The number of carbonyl (C=O) groups excluding carboxylic acids is 2. The number of carbonyl (C=O) groups is 2. The lowest BCUT2D eigenvalue weighted by Crippen LogP contribution is -2.34. The molecule has 29 heavy (non-hydrogen) atoms. The van der Waals surface area contributed by atoms with Crippen LogP contribution < -0.4 is 4.90 Å². The van der Waals surface area contributed by atoms with Gasteiger partial charge in [-0.1, -0.05) is 49.4 Å². The normalized spacial score (nSPS) is 16.8. The third-order valence-corrected chi connectivity index (χ3v) is 6.48. The maximum Gasteiger partial charge on any atom is 0.238 e. The zero-order valence-corrected chi connectivity index (χ0v) is 17.8. The topological polar surface area (TPSA) is 53.5 Å². The molecule has 1 aliphatic heterocycles. The molecule has 1 atom stereocenters. The molecule has 0 spiro atoms. The number of para-hydroxylation sites is 1. The van der Waals surface area contributed by atoms with Gasteiger partial charge in [-0.2, -0.15) is 0 Å². The van der Waals surface area contributed by atoms with E-state index in [1.54, 1.807) is 9.80 Å². The van der Waals surface area contributed by atoms with Crippen LogP contribution in [0, 0.1) is 5.92 Å². The van der Waals surface area contributed by atoms with Crippen molar-refractivity contribution in [2.75, 3.05) is 18.0 Å². The van der Waals surface area contributed by atoms with E-state index >= 15 is 0 Å². The molecule has 1 aromatic heterocycles. The fourth-order valence-electron chi connectivity index (χ4n) is 3.72. The summed E-state index contributed by atoms with van der Waals surface area (Å²) in [6.07, 6.45) is 0.262. The monoisotopic (exact) mass is 407 g/mol. The average molecular weight is 408 g/mol. The Morgan fingerprint density at radius 3 is 2.55 bits per heavy atom. The number of amides is 2. The van der Waals surface area contributed by atoms with Crippen molar-refractivity contribution in [3.05, 3.63) is 54.1 Å². The third-order valence-electron chi connectivity index (χ3n) is 5.46. The standard InChI is InChI=1S/C23H25N3O2S/c1-4-25-14-17(13-21(25)27)22(28)26(18-11-9-16(10-12-18)15(2)3)23-24-19-7-5-6-8-20(19)29-23/h5-12,15,17H,4,13-14H2,1-3H3. The summed E-state index contributed by atoms with van der Waals surface area (Å²) in [6, 6.07) is 16.0. The average Bonchev–Trinajstić information content (AvgIpc) is 3.31. The Balaban J connectivity index is 1.74. The summed E-state index contributed by atoms with van der Waals surface area (Å²) in [5, 5.41) is 0.649. The number of likely N-dealkylation sites (tertiary alicyclic amines) is 1. The Kier molecular flexibility index (Phi) is 5.37. The van der Waals surface area contributed by atoms with Gasteiger partial charge in [0.05, 0.1) is 21.8 Å². The zero-order chi connectivity index (χ0) is 20.5. The van der Waals surface area contributed by atoms with Gasteiger partial charge in [0, 0.05) is 19.5 Å². The van der Waals surface area contributed by atoms with Crippen molar-refractivity contribution in [3.63, 3.8) is 0 Å². The lowest BCUT2D eigenvalue weighted by Gasteiger charge is -2.23. The molecular weight excluding hydrogens is 382 g/mol. The minimum absolute atomic E-state index is 0.0465. The molecule has 0 N–H and O–H groups in total. The predicted molar refractivity (Wildman–Crippen MR) is 118 cm³/mol. The summed E-state index contributed by atoms with van der Waals surface area (Å²) in [6.45, 7) is 7.34. The first-order valence-electron chi connectivity index (χ1n) is 10.0. The largest absolute Gasteiger partial charge is 0.342 e. The van der Waals surface area contributed by atoms with Crippen LogP contribution in [0.1, 0.15) is 38.7 Å². The van der Waals surface area contributed by atoms with E-state index in [9.17, 15) is 9.59 Å². The van der Waals surface area contributed by atoms with Crippen LogP contribution in [-0.4, -0.2) is 34.8 Å². The molecule has 1 unspecified atom stereocenters. The minimum Gasteiger partial charge on any atom is -0.342 e. The highest BCUT2D eigenvalue weighted by Crippen LogP contribution is 2.36. The first-order chi connectivity index (χ1) is 14.0. The smallest absolute Gasteiger partial charge is 0.238 e. The number of benzene rings is 2. The zero-order valence-electron chi connectivity index (χ0n) is 17.0. The second kappa shape index (κ2) is 7.95. The van der Waals surface area contributed by atoms with Gasteiger partial charge < -0.3 is 4.90 Å². The molecule has 0 aliphatic carbocycles. The van der Waals surface area contributed by atoms with Crippen molar-refractivity contribution in [1.29, 1.82) is 0 Å². The van der Waals surface area contributed by atoms with Gasteiger partial charge in [-0.25, -0.2) is 4.98 Å². The highest BCUT2D eigenvalue weighted by molar-refractivity contribution is 7.22. The SMILES string of the molecule is CCN1CC(C(=O)N(c2ccc(C(C)C)cc2)c2nc3ccccc3s2)CC1=O. The molecule has 2 amide bonds. The van der Waals surface area contributed by atoms with Gasteiger partial charge in [0.1, 0.15) is 0 Å². The van der Waals surface area contributed by atoms with Gasteiger partial charge in [0.2, 0.25) is 11.8 Å². The molecule has 1 fully saturated rings. The minimum atomic E-state index is -0.348. The first kappa shape index (κ1) is 19.6. The molecule has 4 rings (SSSR count). The molecule has 0 bridgehead atoms. The van der Waals surface area contributed by atoms with E-state index in [1.807, 2.05) is 43.3 Å². The number of thiazole rings is 1. The summed E-state index contributed by atoms with van der Waals surface area (Å²) >= 11 is 1.50. The van der Waals surface area contributed by atoms with Gasteiger partial charge in [-0.15, -0.1) is 0 Å². The van der Waals surface area contributed by atoms with E-state index in [2.05, 4.69) is 26.0 Å². The molecule has 2 aromatic carbocycles. The van der Waals surface area contributed by atoms with Crippen LogP contribution >= 0.6 is 11.3 Å². The Morgan fingerprint density at radius 1 is 1.21 bits per heavy atom. The van der Waals surface area contributed by atoms with Crippen molar-refractivity contribution >= 4 is 44.2 Å². The fourth-order valence-corrected chi connectivity index (χ4v) is 4.71. The highest BCUT2D eigenvalue weighted by Gasteiger charge is 2.37.